The van der Waals surface area contributed by atoms with E-state index in [1.165, 1.54) is 0 Å². The minimum absolute atomic E-state index is 0.0421. The number of nitrogens with one attached hydrogen (secondary N) is 1. The predicted octanol–water partition coefficient (Wildman–Crippen LogP) is 1.62. The fourth-order valence-electron chi connectivity index (χ4n) is 2.44. The van der Waals surface area contributed by atoms with Gasteiger partial charge in [0.2, 0.25) is 0 Å². The molecule has 108 valence electrons. The normalized spacial score (nSPS) is 15.1. The number of carbonyl (C=O) groups is 1. The summed E-state index contributed by atoms with van der Waals surface area (Å²) in [6, 6.07) is 7.84. The summed E-state index contributed by atoms with van der Waals surface area (Å²) in [5, 5.41) is 0. The van der Waals surface area contributed by atoms with Crippen LogP contribution in [0.5, 0.6) is 0 Å². The van der Waals surface area contributed by atoms with Crippen LogP contribution in [-0.4, -0.2) is 42.0 Å². The maximum atomic E-state index is 12.4. The summed E-state index contributed by atoms with van der Waals surface area (Å²) in [4.78, 5) is 23.8. The van der Waals surface area contributed by atoms with E-state index >= 15 is 0 Å². The number of hydrogen-bond donors (Lipinski definition) is 0. The Kier molecular flexibility index (Phi) is 4.15. The third-order valence-electron chi connectivity index (χ3n) is 3.55. The number of nitrogens with zero attached hydrogens (tertiary/aromatic N) is 3. The van der Waals surface area contributed by atoms with Crippen molar-refractivity contribution in [1.82, 2.24) is 9.88 Å². The van der Waals surface area contributed by atoms with Gasteiger partial charge >= 0.3 is 0 Å². The van der Waals surface area contributed by atoms with E-state index in [9.17, 15) is 4.79 Å². The van der Waals surface area contributed by atoms with Crippen molar-refractivity contribution in [3.63, 3.8) is 0 Å². The standard InChI is InChI=1S/C15H15BrN4O/c16-13-9-12(10-17-11-13)15(21)20-7-5-19(6-8-20)14-3-1-2-4-18-14/h1-4,9-11H,5-8H2/p+1. The maximum absolute atomic E-state index is 12.4. The van der Waals surface area contributed by atoms with Gasteiger partial charge in [-0.05, 0) is 28.1 Å². The lowest BCUT2D eigenvalue weighted by atomic mass is 10.2. The fraction of sp³-hybridized carbons (Fsp3) is 0.267. The number of rotatable bonds is 2. The van der Waals surface area contributed by atoms with Crippen LogP contribution in [0.25, 0.3) is 0 Å². The van der Waals surface area contributed by atoms with Gasteiger partial charge in [0.1, 0.15) is 13.1 Å². The molecule has 0 spiro atoms. The first-order valence-corrected chi connectivity index (χ1v) is 7.65. The highest BCUT2D eigenvalue weighted by atomic mass is 79.9. The van der Waals surface area contributed by atoms with E-state index in [4.69, 9.17) is 0 Å². The molecule has 0 atom stereocenters. The van der Waals surface area contributed by atoms with Crippen LogP contribution in [0.4, 0.5) is 5.82 Å². The van der Waals surface area contributed by atoms with Gasteiger partial charge in [0, 0.05) is 22.9 Å². The van der Waals surface area contributed by atoms with Gasteiger partial charge in [-0.15, -0.1) is 0 Å². The minimum atomic E-state index is 0.0421. The monoisotopic (exact) mass is 347 g/mol. The number of piperazine rings is 1. The molecule has 1 fully saturated rings. The number of amides is 1. The summed E-state index contributed by atoms with van der Waals surface area (Å²) in [5.41, 5.74) is 0.629. The Bertz CT molecular complexity index is 627. The number of aromatic amines is 1. The van der Waals surface area contributed by atoms with Crippen molar-refractivity contribution in [3.05, 3.63) is 52.9 Å². The number of halogens is 1. The van der Waals surface area contributed by atoms with E-state index in [0.717, 1.165) is 23.4 Å². The van der Waals surface area contributed by atoms with E-state index in [2.05, 4.69) is 36.9 Å². The highest BCUT2D eigenvalue weighted by molar-refractivity contribution is 9.10. The summed E-state index contributed by atoms with van der Waals surface area (Å²) in [6.45, 7) is 3.09. The molecule has 5 nitrogen and oxygen atoms in total. The zero-order valence-corrected chi connectivity index (χ0v) is 13.1. The number of carbonyl (C=O) groups excluding carboxylic acids is 1. The third-order valence-corrected chi connectivity index (χ3v) is 3.99. The van der Waals surface area contributed by atoms with E-state index in [0.29, 0.717) is 18.7 Å². The smallest absolute Gasteiger partial charge is 0.274 e. The Balaban J connectivity index is 1.64. The van der Waals surface area contributed by atoms with Crippen molar-refractivity contribution in [2.24, 2.45) is 0 Å². The van der Waals surface area contributed by atoms with Gasteiger partial charge in [-0.1, -0.05) is 6.07 Å². The van der Waals surface area contributed by atoms with Crippen molar-refractivity contribution in [1.29, 1.82) is 0 Å². The lowest BCUT2D eigenvalue weighted by Gasteiger charge is -2.31. The molecule has 0 aliphatic carbocycles. The number of hydrogen-bond acceptors (Lipinski definition) is 3. The third kappa shape index (κ3) is 3.21. The first-order valence-electron chi connectivity index (χ1n) is 6.85. The van der Waals surface area contributed by atoms with Gasteiger partial charge in [-0.3, -0.25) is 14.7 Å². The number of aromatic nitrogens is 2. The van der Waals surface area contributed by atoms with Gasteiger partial charge < -0.3 is 4.90 Å². The maximum Gasteiger partial charge on any atom is 0.274 e. The number of anilines is 1. The zero-order valence-electron chi connectivity index (χ0n) is 11.5. The van der Waals surface area contributed by atoms with E-state index in [1.54, 1.807) is 12.4 Å². The van der Waals surface area contributed by atoms with Crippen LogP contribution < -0.4 is 9.88 Å². The fourth-order valence-corrected chi connectivity index (χ4v) is 2.81. The van der Waals surface area contributed by atoms with E-state index in [1.807, 2.05) is 29.3 Å². The molecule has 0 radical (unpaired) electrons. The molecule has 6 heteroatoms. The molecule has 0 saturated carbocycles. The van der Waals surface area contributed by atoms with Crippen molar-refractivity contribution in [3.8, 4) is 0 Å². The molecule has 0 unspecified atom stereocenters. The number of pyridine rings is 2. The van der Waals surface area contributed by atoms with Crippen LogP contribution in [-0.2, 0) is 0 Å². The Morgan fingerprint density at radius 2 is 2.00 bits per heavy atom. The highest BCUT2D eigenvalue weighted by Crippen LogP contribution is 2.15. The first kappa shape index (κ1) is 14.0. The molecule has 1 N–H and O–H groups in total. The molecular weight excluding hydrogens is 332 g/mol. The van der Waals surface area contributed by atoms with E-state index < -0.39 is 0 Å². The average molecular weight is 348 g/mol. The molecule has 21 heavy (non-hydrogen) atoms. The van der Waals surface area contributed by atoms with E-state index in [-0.39, 0.29) is 5.91 Å². The van der Waals surface area contributed by atoms with Crippen LogP contribution in [0, 0.1) is 0 Å². The second kappa shape index (κ2) is 6.22. The van der Waals surface area contributed by atoms with Crippen molar-refractivity contribution >= 4 is 27.7 Å². The van der Waals surface area contributed by atoms with Crippen LogP contribution in [0.15, 0.2) is 47.3 Å². The van der Waals surface area contributed by atoms with Crippen molar-refractivity contribution in [2.45, 2.75) is 0 Å². The van der Waals surface area contributed by atoms with Crippen LogP contribution in [0.2, 0.25) is 0 Å². The molecule has 1 amide bonds. The summed E-state index contributed by atoms with van der Waals surface area (Å²) in [6.07, 6.45) is 5.21. The topological polar surface area (TPSA) is 50.6 Å². The summed E-state index contributed by atoms with van der Waals surface area (Å²) >= 11 is 3.35. The van der Waals surface area contributed by atoms with Crippen LogP contribution in [0.3, 0.4) is 0 Å². The lowest BCUT2D eigenvalue weighted by Crippen LogP contribution is -2.50. The van der Waals surface area contributed by atoms with Crippen molar-refractivity contribution in [2.75, 3.05) is 31.1 Å². The molecule has 1 aliphatic heterocycles. The largest absolute Gasteiger partial charge is 0.331 e. The number of H-pyrrole nitrogens is 1. The highest BCUT2D eigenvalue weighted by Gasteiger charge is 2.26. The van der Waals surface area contributed by atoms with Crippen LogP contribution in [0.1, 0.15) is 10.4 Å². The first-order chi connectivity index (χ1) is 10.2. The molecule has 0 aromatic carbocycles. The summed E-state index contributed by atoms with van der Waals surface area (Å²) in [7, 11) is 0. The lowest BCUT2D eigenvalue weighted by molar-refractivity contribution is -0.364. The van der Waals surface area contributed by atoms with Gasteiger partial charge in [0.15, 0.2) is 0 Å². The molecule has 1 saturated heterocycles. The molecule has 3 rings (SSSR count). The average Bonchev–Trinajstić information content (AvgIpc) is 2.55. The SMILES string of the molecule is O=C(c1cncc(Br)c1)N1CCN(c2cccc[nH+]2)CC1. The Morgan fingerprint density at radius 3 is 2.67 bits per heavy atom. The van der Waals surface area contributed by atoms with Crippen LogP contribution >= 0.6 is 15.9 Å². The predicted molar refractivity (Wildman–Crippen MR) is 83.1 cm³/mol. The second-order valence-corrected chi connectivity index (χ2v) is 5.83. The minimum Gasteiger partial charge on any atom is -0.331 e. The van der Waals surface area contributed by atoms with Gasteiger partial charge in [-0.25, -0.2) is 4.98 Å². The Morgan fingerprint density at radius 1 is 1.19 bits per heavy atom. The Hall–Kier alpha value is -1.95. The Labute approximate surface area is 131 Å². The zero-order chi connectivity index (χ0) is 14.7. The second-order valence-electron chi connectivity index (χ2n) is 4.92. The van der Waals surface area contributed by atoms with Gasteiger partial charge in [-0.2, -0.15) is 0 Å². The molecule has 1 aliphatic rings. The molecule has 3 heterocycles. The quantitative estimate of drug-likeness (QED) is 0.829. The molecular formula is C15H16BrN4O+. The molecule has 2 aromatic heterocycles. The summed E-state index contributed by atoms with van der Waals surface area (Å²) < 4.78 is 0.825. The van der Waals surface area contributed by atoms with Gasteiger partial charge in [0.25, 0.3) is 11.7 Å². The summed E-state index contributed by atoms with van der Waals surface area (Å²) in [5.74, 6) is 1.13. The van der Waals surface area contributed by atoms with Gasteiger partial charge in [0.05, 0.1) is 24.8 Å². The molecule has 0 bridgehead atoms. The molecule has 2 aromatic rings. The van der Waals surface area contributed by atoms with Crippen molar-refractivity contribution < 1.29 is 9.78 Å².